The molecule has 0 amide bonds. The van der Waals surface area contributed by atoms with Gasteiger partial charge in [0.2, 0.25) is 0 Å². The van der Waals surface area contributed by atoms with Crippen LogP contribution in [-0.4, -0.2) is 29.9 Å². The number of aliphatic hydroxyl groups excluding tert-OH is 1. The third-order valence-corrected chi connectivity index (χ3v) is 6.16. The molecule has 2 aliphatic carbocycles. The van der Waals surface area contributed by atoms with E-state index in [1.54, 1.807) is 7.11 Å². The van der Waals surface area contributed by atoms with Crippen molar-refractivity contribution in [2.45, 2.75) is 57.2 Å². The molecule has 0 unspecified atom stereocenters. The summed E-state index contributed by atoms with van der Waals surface area (Å²) in [4.78, 5) is 25.3. The average Bonchev–Trinajstić information content (AvgIpc) is 2.68. The maximum atomic E-state index is 12.7. The Morgan fingerprint density at radius 2 is 1.85 bits per heavy atom. The van der Waals surface area contributed by atoms with E-state index in [9.17, 15) is 14.7 Å². The lowest BCUT2D eigenvalue weighted by Gasteiger charge is -2.41. The molecule has 5 heteroatoms. The molecule has 3 aliphatic rings. The van der Waals surface area contributed by atoms with E-state index in [4.69, 9.17) is 9.47 Å². The van der Waals surface area contributed by atoms with E-state index in [1.165, 1.54) is 0 Å². The molecule has 0 radical (unpaired) electrons. The van der Waals surface area contributed by atoms with Gasteiger partial charge in [0.25, 0.3) is 0 Å². The van der Waals surface area contributed by atoms with Crippen molar-refractivity contribution >= 4 is 11.6 Å². The summed E-state index contributed by atoms with van der Waals surface area (Å²) >= 11 is 0. The molecule has 1 N–H and O–H groups in total. The van der Waals surface area contributed by atoms with Gasteiger partial charge in [0.15, 0.2) is 5.78 Å². The molecule has 0 spiro atoms. The van der Waals surface area contributed by atoms with Gasteiger partial charge >= 0.3 is 0 Å². The van der Waals surface area contributed by atoms with Gasteiger partial charge in [0.1, 0.15) is 23.4 Å². The molecule has 0 bridgehead atoms. The Morgan fingerprint density at radius 3 is 2.56 bits per heavy atom. The molecule has 1 aliphatic heterocycles. The molecule has 0 saturated heterocycles. The van der Waals surface area contributed by atoms with Crippen molar-refractivity contribution in [3.63, 3.8) is 0 Å². The van der Waals surface area contributed by atoms with Gasteiger partial charge in [0.05, 0.1) is 19.1 Å². The molecule has 0 aromatic heterocycles. The minimum atomic E-state index is -0.672. The molecular formula is C22H26O5. The smallest absolute Gasteiger partial charge is 0.162 e. The lowest BCUT2D eigenvalue weighted by molar-refractivity contribution is -0.133. The lowest BCUT2D eigenvalue weighted by atomic mass is 9.68. The van der Waals surface area contributed by atoms with Crippen LogP contribution in [0, 0.1) is 11.8 Å². The zero-order chi connectivity index (χ0) is 19.0. The normalized spacial score (nSPS) is 31.3. The van der Waals surface area contributed by atoms with Gasteiger partial charge < -0.3 is 14.6 Å². The summed E-state index contributed by atoms with van der Waals surface area (Å²) in [5.74, 6) is 0.928. The molecule has 1 fully saturated rings. The molecule has 1 aromatic carbocycles. The third-order valence-electron chi connectivity index (χ3n) is 6.16. The Labute approximate surface area is 159 Å². The summed E-state index contributed by atoms with van der Waals surface area (Å²) < 4.78 is 11.5. The molecule has 27 heavy (non-hydrogen) atoms. The van der Waals surface area contributed by atoms with Crippen LogP contribution in [0.15, 0.2) is 35.6 Å². The fraction of sp³-hybridized carbons (Fsp3) is 0.545. The fourth-order valence-corrected chi connectivity index (χ4v) is 4.83. The van der Waals surface area contributed by atoms with Gasteiger partial charge in [0, 0.05) is 30.8 Å². The van der Waals surface area contributed by atoms with Crippen molar-refractivity contribution in [3.8, 4) is 5.75 Å². The maximum absolute atomic E-state index is 12.7. The summed E-state index contributed by atoms with van der Waals surface area (Å²) in [5.41, 5.74) is 1.67. The number of ketones is 2. The molecule has 5 nitrogen and oxygen atoms in total. The second kappa shape index (κ2) is 7.47. The van der Waals surface area contributed by atoms with Crippen LogP contribution in [0.4, 0.5) is 0 Å². The maximum Gasteiger partial charge on any atom is 0.162 e. The number of allylic oxidation sites excluding steroid dienone is 2. The lowest BCUT2D eigenvalue weighted by Crippen LogP contribution is -2.43. The van der Waals surface area contributed by atoms with Crippen LogP contribution in [0.5, 0.6) is 5.75 Å². The Kier molecular flexibility index (Phi) is 5.04. The van der Waals surface area contributed by atoms with Crippen LogP contribution in [0.2, 0.25) is 0 Å². The Bertz CT molecular complexity index is 763. The summed E-state index contributed by atoms with van der Waals surface area (Å²) in [7, 11) is 1.63. The van der Waals surface area contributed by atoms with Crippen molar-refractivity contribution < 1.29 is 24.2 Å². The monoisotopic (exact) mass is 370 g/mol. The highest BCUT2D eigenvalue weighted by molar-refractivity contribution is 5.98. The molecule has 1 saturated carbocycles. The first-order valence-corrected chi connectivity index (χ1v) is 9.86. The summed E-state index contributed by atoms with van der Waals surface area (Å²) in [6.07, 6.45) is 3.50. The van der Waals surface area contributed by atoms with E-state index in [2.05, 4.69) is 0 Å². The van der Waals surface area contributed by atoms with Gasteiger partial charge in [-0.1, -0.05) is 12.1 Å². The minimum absolute atomic E-state index is 0.0827. The van der Waals surface area contributed by atoms with E-state index < -0.39 is 12.0 Å². The first-order valence-electron chi connectivity index (χ1n) is 9.86. The number of ether oxygens (including phenoxy) is 2. The Balaban J connectivity index is 1.70. The van der Waals surface area contributed by atoms with Crippen LogP contribution in [0.25, 0.3) is 0 Å². The predicted octanol–water partition coefficient (Wildman–Crippen LogP) is 3.51. The van der Waals surface area contributed by atoms with Gasteiger partial charge in [-0.05, 0) is 43.4 Å². The molecule has 144 valence electrons. The number of aliphatic hydroxyl groups is 1. The van der Waals surface area contributed by atoms with Crippen molar-refractivity contribution in [1.82, 2.24) is 0 Å². The van der Waals surface area contributed by atoms with Crippen LogP contribution in [0.1, 0.15) is 56.6 Å². The van der Waals surface area contributed by atoms with Crippen molar-refractivity contribution in [2.75, 3.05) is 7.11 Å². The number of benzene rings is 1. The van der Waals surface area contributed by atoms with E-state index in [-0.39, 0.29) is 23.6 Å². The first-order chi connectivity index (χ1) is 13.1. The van der Waals surface area contributed by atoms with E-state index in [1.807, 2.05) is 24.3 Å². The topological polar surface area (TPSA) is 72.8 Å². The Hall–Kier alpha value is -2.14. The number of carbonyl (C=O) groups excluding carboxylic acids is 2. The fourth-order valence-electron chi connectivity index (χ4n) is 4.83. The highest BCUT2D eigenvalue weighted by atomic mass is 16.5. The number of rotatable bonds is 3. The van der Waals surface area contributed by atoms with Crippen LogP contribution < -0.4 is 4.74 Å². The van der Waals surface area contributed by atoms with Gasteiger partial charge in [-0.25, -0.2) is 0 Å². The van der Waals surface area contributed by atoms with Crippen LogP contribution in [0.3, 0.4) is 0 Å². The standard InChI is InChI=1S/C22H26O5/c1-26-14-10-8-13(9-11-14)20-12-15(21-16(23)4-2-5-17(21)24)22-18(25)6-3-7-19(22)27-20/h8-11,15-16,20-21,23H,2-7,12H2,1H3/t15-,16+,20+,21+/m1/s1. The average molecular weight is 370 g/mol. The van der Waals surface area contributed by atoms with E-state index in [0.717, 1.165) is 36.3 Å². The molecule has 1 heterocycles. The van der Waals surface area contributed by atoms with Crippen LogP contribution >= 0.6 is 0 Å². The quantitative estimate of drug-likeness (QED) is 0.881. The minimum Gasteiger partial charge on any atom is -0.497 e. The van der Waals surface area contributed by atoms with Crippen LogP contribution in [-0.2, 0) is 14.3 Å². The van der Waals surface area contributed by atoms with Gasteiger partial charge in [-0.15, -0.1) is 0 Å². The second-order valence-electron chi connectivity index (χ2n) is 7.79. The highest BCUT2D eigenvalue weighted by Gasteiger charge is 2.46. The van der Waals surface area contributed by atoms with Crippen molar-refractivity contribution in [3.05, 3.63) is 41.2 Å². The van der Waals surface area contributed by atoms with Gasteiger partial charge in [-0.3, -0.25) is 9.59 Å². The molecular weight excluding hydrogens is 344 g/mol. The van der Waals surface area contributed by atoms with Crippen molar-refractivity contribution in [2.24, 2.45) is 11.8 Å². The largest absolute Gasteiger partial charge is 0.497 e. The third kappa shape index (κ3) is 3.41. The van der Waals surface area contributed by atoms with Crippen molar-refractivity contribution in [1.29, 1.82) is 0 Å². The molecule has 1 aromatic rings. The highest BCUT2D eigenvalue weighted by Crippen LogP contribution is 2.47. The van der Waals surface area contributed by atoms with E-state index in [0.29, 0.717) is 31.3 Å². The summed E-state index contributed by atoms with van der Waals surface area (Å²) in [5, 5.41) is 10.6. The summed E-state index contributed by atoms with van der Waals surface area (Å²) in [6.45, 7) is 0. The number of hydrogen-bond donors (Lipinski definition) is 1. The number of hydrogen-bond acceptors (Lipinski definition) is 5. The first kappa shape index (κ1) is 18.2. The molecule has 4 atom stereocenters. The van der Waals surface area contributed by atoms with E-state index >= 15 is 0 Å². The summed E-state index contributed by atoms with van der Waals surface area (Å²) in [6, 6.07) is 7.72. The Morgan fingerprint density at radius 1 is 1.07 bits per heavy atom. The number of Topliss-reactive ketones (excluding diaryl/α,β-unsaturated/α-hetero) is 2. The SMILES string of the molecule is COc1ccc([C@@H]2C[C@H]([C@@H]3C(=O)CCC[C@@H]3O)C3=C(CCCC3=O)O2)cc1. The number of methoxy groups -OCH3 is 1. The van der Waals surface area contributed by atoms with Gasteiger partial charge in [-0.2, -0.15) is 0 Å². The molecule has 4 rings (SSSR count). The zero-order valence-corrected chi connectivity index (χ0v) is 15.6. The number of carbonyl (C=O) groups is 2. The second-order valence-corrected chi connectivity index (χ2v) is 7.79. The zero-order valence-electron chi connectivity index (χ0n) is 15.6. The predicted molar refractivity (Wildman–Crippen MR) is 99.2 cm³/mol.